The van der Waals surface area contributed by atoms with Crippen molar-refractivity contribution in [2.24, 2.45) is 5.41 Å². The van der Waals surface area contributed by atoms with Crippen LogP contribution in [0.25, 0.3) is 0 Å². The zero-order chi connectivity index (χ0) is 11.9. The Kier molecular flexibility index (Phi) is 5.97. The molecule has 0 bridgehead atoms. The molecule has 0 heterocycles. The van der Waals surface area contributed by atoms with Crippen LogP contribution in [0.4, 0.5) is 0 Å². The van der Waals surface area contributed by atoms with Gasteiger partial charge in [0.1, 0.15) is 0 Å². The third kappa shape index (κ3) is 7.97. The van der Waals surface area contributed by atoms with E-state index in [4.69, 9.17) is 5.11 Å². The number of carboxylic acid groups (broad SMARTS) is 1. The number of aliphatic carboxylic acids is 1. The van der Waals surface area contributed by atoms with Crippen LogP contribution in [0.1, 0.15) is 46.5 Å². The minimum absolute atomic E-state index is 0.0576. The fraction of sp³-hybridized carbons (Fsp3) is 0.818. The highest BCUT2D eigenvalue weighted by atomic mass is 16.4. The van der Waals surface area contributed by atoms with Crippen molar-refractivity contribution >= 4 is 11.9 Å². The molecule has 0 aliphatic heterocycles. The third-order valence-corrected chi connectivity index (χ3v) is 2.52. The van der Waals surface area contributed by atoms with Crippen molar-refractivity contribution in [2.45, 2.75) is 46.5 Å². The highest BCUT2D eigenvalue weighted by Gasteiger charge is 2.15. The van der Waals surface area contributed by atoms with Crippen molar-refractivity contribution in [1.82, 2.24) is 5.32 Å². The summed E-state index contributed by atoms with van der Waals surface area (Å²) in [5.41, 5.74) is 0.114. The molecule has 0 aromatic carbocycles. The molecule has 0 fully saturated rings. The van der Waals surface area contributed by atoms with Gasteiger partial charge in [0.25, 0.3) is 0 Å². The van der Waals surface area contributed by atoms with Crippen molar-refractivity contribution in [3.8, 4) is 0 Å². The van der Waals surface area contributed by atoms with Gasteiger partial charge in [-0.1, -0.05) is 20.8 Å². The Labute approximate surface area is 91.1 Å². The molecule has 15 heavy (non-hydrogen) atoms. The van der Waals surface area contributed by atoms with Crippen molar-refractivity contribution in [1.29, 1.82) is 0 Å². The predicted molar refractivity (Wildman–Crippen MR) is 58.6 cm³/mol. The molecule has 0 aliphatic carbocycles. The molecule has 0 aromatic rings. The molecule has 0 saturated heterocycles. The van der Waals surface area contributed by atoms with Crippen molar-refractivity contribution in [3.63, 3.8) is 0 Å². The van der Waals surface area contributed by atoms with Crippen LogP contribution in [0.2, 0.25) is 0 Å². The summed E-state index contributed by atoms with van der Waals surface area (Å²) in [7, 11) is 0. The van der Waals surface area contributed by atoms with Gasteiger partial charge in [0.15, 0.2) is 0 Å². The number of amides is 1. The van der Waals surface area contributed by atoms with Gasteiger partial charge in [-0.25, -0.2) is 0 Å². The Balaban J connectivity index is 3.62. The lowest BCUT2D eigenvalue weighted by atomic mass is 9.90. The van der Waals surface area contributed by atoms with Crippen LogP contribution >= 0.6 is 0 Å². The van der Waals surface area contributed by atoms with E-state index in [0.29, 0.717) is 19.4 Å². The first-order valence-corrected chi connectivity index (χ1v) is 5.36. The van der Waals surface area contributed by atoms with E-state index in [-0.39, 0.29) is 17.7 Å². The Hall–Kier alpha value is -1.06. The second-order valence-corrected chi connectivity index (χ2v) is 4.54. The summed E-state index contributed by atoms with van der Waals surface area (Å²) >= 11 is 0. The molecule has 0 atom stereocenters. The van der Waals surface area contributed by atoms with Gasteiger partial charge in [-0.3, -0.25) is 9.59 Å². The number of carboxylic acids is 1. The normalized spacial score (nSPS) is 11.1. The van der Waals surface area contributed by atoms with E-state index in [0.717, 1.165) is 6.42 Å². The van der Waals surface area contributed by atoms with Gasteiger partial charge in [0, 0.05) is 19.4 Å². The van der Waals surface area contributed by atoms with E-state index in [1.54, 1.807) is 0 Å². The second-order valence-electron chi connectivity index (χ2n) is 4.54. The maximum absolute atomic E-state index is 11.3. The molecule has 0 spiro atoms. The standard InChI is InChI=1S/C11H21NO3/c1-4-11(2,3)8-12-9(13)6-5-7-10(14)15/h4-8H2,1-3H3,(H,12,13)(H,14,15). The molecule has 0 saturated carbocycles. The van der Waals surface area contributed by atoms with Gasteiger partial charge in [0.2, 0.25) is 5.91 Å². The first-order valence-electron chi connectivity index (χ1n) is 5.36. The van der Waals surface area contributed by atoms with E-state index in [9.17, 15) is 9.59 Å². The van der Waals surface area contributed by atoms with E-state index < -0.39 is 5.97 Å². The topological polar surface area (TPSA) is 66.4 Å². The van der Waals surface area contributed by atoms with Crippen LogP contribution in [-0.2, 0) is 9.59 Å². The fourth-order valence-electron chi connectivity index (χ4n) is 0.951. The Morgan fingerprint density at radius 3 is 2.33 bits per heavy atom. The molecule has 0 unspecified atom stereocenters. The number of rotatable bonds is 7. The fourth-order valence-corrected chi connectivity index (χ4v) is 0.951. The first-order chi connectivity index (χ1) is 6.87. The van der Waals surface area contributed by atoms with Crippen LogP contribution in [0, 0.1) is 5.41 Å². The summed E-state index contributed by atoms with van der Waals surface area (Å²) in [6.45, 7) is 6.90. The Morgan fingerprint density at radius 2 is 1.87 bits per heavy atom. The maximum atomic E-state index is 11.3. The van der Waals surface area contributed by atoms with Crippen molar-refractivity contribution in [3.05, 3.63) is 0 Å². The third-order valence-electron chi connectivity index (χ3n) is 2.52. The minimum atomic E-state index is -0.850. The smallest absolute Gasteiger partial charge is 0.303 e. The van der Waals surface area contributed by atoms with Gasteiger partial charge in [-0.05, 0) is 18.3 Å². The lowest BCUT2D eigenvalue weighted by Crippen LogP contribution is -2.33. The predicted octanol–water partition coefficient (Wildman–Crippen LogP) is 1.79. The van der Waals surface area contributed by atoms with Gasteiger partial charge in [0.05, 0.1) is 0 Å². The number of hydrogen-bond donors (Lipinski definition) is 2. The molecule has 2 N–H and O–H groups in total. The Morgan fingerprint density at radius 1 is 1.27 bits per heavy atom. The number of carbonyl (C=O) groups is 2. The molecule has 0 aromatic heterocycles. The molecule has 4 heteroatoms. The van der Waals surface area contributed by atoms with Crippen molar-refractivity contribution < 1.29 is 14.7 Å². The summed E-state index contributed by atoms with van der Waals surface area (Å²) in [4.78, 5) is 21.5. The molecule has 88 valence electrons. The largest absolute Gasteiger partial charge is 0.481 e. The SMILES string of the molecule is CCC(C)(C)CNC(=O)CCCC(=O)O. The summed E-state index contributed by atoms with van der Waals surface area (Å²) in [6.07, 6.45) is 1.77. The van der Waals surface area contributed by atoms with Gasteiger partial charge >= 0.3 is 5.97 Å². The van der Waals surface area contributed by atoms with Crippen LogP contribution < -0.4 is 5.32 Å². The minimum Gasteiger partial charge on any atom is -0.481 e. The molecule has 0 rings (SSSR count). The van der Waals surface area contributed by atoms with E-state index in [1.165, 1.54) is 0 Å². The number of hydrogen-bond acceptors (Lipinski definition) is 2. The summed E-state index contributed by atoms with van der Waals surface area (Å²) in [5, 5.41) is 11.2. The van der Waals surface area contributed by atoms with E-state index >= 15 is 0 Å². The molecule has 1 amide bonds. The highest BCUT2D eigenvalue weighted by molar-refractivity contribution is 5.76. The molecular formula is C11H21NO3. The average molecular weight is 215 g/mol. The zero-order valence-corrected chi connectivity index (χ0v) is 9.80. The lowest BCUT2D eigenvalue weighted by Gasteiger charge is -2.22. The molecular weight excluding hydrogens is 194 g/mol. The van der Waals surface area contributed by atoms with Crippen molar-refractivity contribution in [2.75, 3.05) is 6.54 Å². The van der Waals surface area contributed by atoms with Gasteiger partial charge < -0.3 is 10.4 Å². The zero-order valence-electron chi connectivity index (χ0n) is 9.80. The molecule has 0 radical (unpaired) electrons. The quantitative estimate of drug-likeness (QED) is 0.680. The van der Waals surface area contributed by atoms with Crippen LogP contribution in [0.15, 0.2) is 0 Å². The molecule has 4 nitrogen and oxygen atoms in total. The average Bonchev–Trinajstić information content (AvgIpc) is 2.14. The van der Waals surface area contributed by atoms with Crippen LogP contribution in [0.3, 0.4) is 0 Å². The van der Waals surface area contributed by atoms with E-state index in [1.807, 2.05) is 0 Å². The number of nitrogens with one attached hydrogen (secondary N) is 1. The van der Waals surface area contributed by atoms with E-state index in [2.05, 4.69) is 26.1 Å². The van der Waals surface area contributed by atoms with Crippen LogP contribution in [0.5, 0.6) is 0 Å². The monoisotopic (exact) mass is 215 g/mol. The summed E-state index contributed by atoms with van der Waals surface area (Å²) in [6, 6.07) is 0. The first kappa shape index (κ1) is 13.9. The Bertz CT molecular complexity index is 224. The van der Waals surface area contributed by atoms with Crippen LogP contribution in [-0.4, -0.2) is 23.5 Å². The maximum Gasteiger partial charge on any atom is 0.303 e. The molecule has 0 aliphatic rings. The summed E-state index contributed by atoms with van der Waals surface area (Å²) in [5.74, 6) is -0.908. The lowest BCUT2D eigenvalue weighted by molar-refractivity contribution is -0.137. The second kappa shape index (κ2) is 6.43. The van der Waals surface area contributed by atoms with Gasteiger partial charge in [-0.15, -0.1) is 0 Å². The van der Waals surface area contributed by atoms with Gasteiger partial charge in [-0.2, -0.15) is 0 Å². The summed E-state index contributed by atoms with van der Waals surface area (Å²) < 4.78 is 0. The number of carbonyl (C=O) groups excluding carboxylic acids is 1. The highest BCUT2D eigenvalue weighted by Crippen LogP contribution is 2.17.